The molecule has 2 aromatic carbocycles. The number of hydrogen-bond acceptors (Lipinski definition) is 3. The number of ether oxygens (including phenoxy) is 1. The van der Waals surface area contributed by atoms with E-state index in [9.17, 15) is 9.18 Å². The van der Waals surface area contributed by atoms with Gasteiger partial charge in [-0.25, -0.2) is 4.39 Å². The van der Waals surface area contributed by atoms with Gasteiger partial charge in [-0.3, -0.25) is 4.79 Å². The Hall–Kier alpha value is -2.36. The molecule has 0 saturated carbocycles. The summed E-state index contributed by atoms with van der Waals surface area (Å²) in [4.78, 5) is 10.8. The van der Waals surface area contributed by atoms with Gasteiger partial charge < -0.3 is 10.5 Å². The number of rotatable bonds is 5. The van der Waals surface area contributed by atoms with Gasteiger partial charge >= 0.3 is 0 Å². The summed E-state index contributed by atoms with van der Waals surface area (Å²) in [6, 6.07) is 10.7. The third-order valence-corrected chi connectivity index (χ3v) is 3.08. The van der Waals surface area contributed by atoms with Gasteiger partial charge in [0.05, 0.1) is 12.2 Å². The van der Waals surface area contributed by atoms with E-state index in [2.05, 4.69) is 0 Å². The zero-order chi connectivity index (χ0) is 14.5. The van der Waals surface area contributed by atoms with Crippen LogP contribution in [0.3, 0.4) is 0 Å². The fourth-order valence-corrected chi connectivity index (χ4v) is 1.95. The fraction of sp³-hybridized carbons (Fsp3) is 0.188. The zero-order valence-electron chi connectivity index (χ0n) is 11.2. The highest BCUT2D eigenvalue weighted by Crippen LogP contribution is 2.22. The minimum atomic E-state index is -0.604. The Bertz CT molecular complexity index is 626. The molecule has 0 heterocycles. The van der Waals surface area contributed by atoms with E-state index in [0.29, 0.717) is 30.6 Å². The molecule has 4 heteroatoms. The molecule has 0 spiro atoms. The molecule has 0 aromatic heterocycles. The number of hydrogen-bond donors (Lipinski definition) is 1. The van der Waals surface area contributed by atoms with Crippen LogP contribution in [0.25, 0.3) is 0 Å². The minimum Gasteiger partial charge on any atom is -0.490 e. The first-order valence-corrected chi connectivity index (χ1v) is 6.33. The number of aryl methyl sites for hydroxylation is 1. The zero-order valence-corrected chi connectivity index (χ0v) is 11.2. The number of carbonyl (C=O) groups is 1. The molecule has 0 radical (unpaired) electrons. The summed E-state index contributed by atoms with van der Waals surface area (Å²) in [7, 11) is 0. The highest BCUT2D eigenvalue weighted by molar-refractivity contribution is 5.78. The van der Waals surface area contributed by atoms with Crippen molar-refractivity contribution in [2.45, 2.75) is 13.3 Å². The first-order valence-electron chi connectivity index (χ1n) is 6.33. The topological polar surface area (TPSA) is 52.3 Å². The van der Waals surface area contributed by atoms with Gasteiger partial charge in [-0.05, 0) is 36.2 Å². The largest absolute Gasteiger partial charge is 0.490 e. The van der Waals surface area contributed by atoms with Crippen LogP contribution in [-0.2, 0) is 6.42 Å². The molecule has 0 fully saturated rings. The lowest BCUT2D eigenvalue weighted by Gasteiger charge is -2.10. The maximum atomic E-state index is 13.9. The Morgan fingerprint density at radius 3 is 2.80 bits per heavy atom. The van der Waals surface area contributed by atoms with Crippen molar-refractivity contribution >= 4 is 12.0 Å². The third kappa shape index (κ3) is 3.15. The average Bonchev–Trinajstić information content (AvgIpc) is 2.42. The normalized spacial score (nSPS) is 10.3. The monoisotopic (exact) mass is 273 g/mol. The predicted molar refractivity (Wildman–Crippen MR) is 76.6 cm³/mol. The van der Waals surface area contributed by atoms with Gasteiger partial charge in [0.1, 0.15) is 0 Å². The molecular weight excluding hydrogens is 257 g/mol. The van der Waals surface area contributed by atoms with Crippen molar-refractivity contribution in [1.29, 1.82) is 0 Å². The molecule has 0 aliphatic rings. The van der Waals surface area contributed by atoms with Crippen molar-refractivity contribution in [1.82, 2.24) is 0 Å². The SMILES string of the molecule is Cc1ccc(OCCc2cccc(N)c2)c(F)c1C=O. The van der Waals surface area contributed by atoms with Gasteiger partial charge in [0.25, 0.3) is 0 Å². The van der Waals surface area contributed by atoms with E-state index in [-0.39, 0.29) is 11.3 Å². The minimum absolute atomic E-state index is 0.0476. The van der Waals surface area contributed by atoms with Crippen molar-refractivity contribution in [3.63, 3.8) is 0 Å². The Kier molecular flexibility index (Phi) is 4.35. The number of nitrogen functional groups attached to an aromatic ring is 1. The number of aldehydes is 1. The number of benzene rings is 2. The Labute approximate surface area is 117 Å². The fourth-order valence-electron chi connectivity index (χ4n) is 1.95. The van der Waals surface area contributed by atoms with E-state index in [1.54, 1.807) is 19.1 Å². The van der Waals surface area contributed by atoms with Gasteiger partial charge in [-0.2, -0.15) is 0 Å². The molecule has 2 rings (SSSR count). The summed E-state index contributed by atoms with van der Waals surface area (Å²) in [6.45, 7) is 2.01. The van der Waals surface area contributed by atoms with E-state index in [1.165, 1.54) is 6.07 Å². The number of nitrogens with two attached hydrogens (primary N) is 1. The smallest absolute Gasteiger partial charge is 0.175 e. The van der Waals surface area contributed by atoms with Crippen LogP contribution in [0.15, 0.2) is 36.4 Å². The maximum Gasteiger partial charge on any atom is 0.175 e. The first kappa shape index (κ1) is 14.1. The number of carbonyl (C=O) groups excluding carboxylic acids is 1. The van der Waals surface area contributed by atoms with Gasteiger partial charge in [0.2, 0.25) is 0 Å². The van der Waals surface area contributed by atoms with E-state index in [1.807, 2.05) is 18.2 Å². The summed E-state index contributed by atoms with van der Waals surface area (Å²) < 4.78 is 19.4. The number of anilines is 1. The van der Waals surface area contributed by atoms with Crippen molar-refractivity contribution < 1.29 is 13.9 Å². The molecular formula is C16H16FNO2. The van der Waals surface area contributed by atoms with E-state index in [0.717, 1.165) is 5.56 Å². The highest BCUT2D eigenvalue weighted by Gasteiger charge is 2.11. The van der Waals surface area contributed by atoms with Crippen LogP contribution in [0.5, 0.6) is 5.75 Å². The van der Waals surface area contributed by atoms with Crippen molar-refractivity contribution in [3.8, 4) is 5.75 Å². The quantitative estimate of drug-likeness (QED) is 0.672. The summed E-state index contributed by atoms with van der Waals surface area (Å²) in [5.41, 5.74) is 8.03. The second-order valence-corrected chi connectivity index (χ2v) is 4.57. The summed E-state index contributed by atoms with van der Waals surface area (Å²) in [5.74, 6) is -0.505. The Morgan fingerprint density at radius 2 is 2.10 bits per heavy atom. The van der Waals surface area contributed by atoms with Crippen molar-refractivity contribution in [2.75, 3.05) is 12.3 Å². The lowest BCUT2D eigenvalue weighted by molar-refractivity contribution is 0.111. The van der Waals surface area contributed by atoms with Crippen LogP contribution in [-0.4, -0.2) is 12.9 Å². The van der Waals surface area contributed by atoms with Gasteiger partial charge in [-0.1, -0.05) is 18.2 Å². The van der Waals surface area contributed by atoms with E-state index >= 15 is 0 Å². The molecule has 2 N–H and O–H groups in total. The van der Waals surface area contributed by atoms with Gasteiger partial charge in [0, 0.05) is 12.1 Å². The van der Waals surface area contributed by atoms with Crippen LogP contribution in [0.1, 0.15) is 21.5 Å². The lowest BCUT2D eigenvalue weighted by atomic mass is 10.1. The molecule has 3 nitrogen and oxygen atoms in total. The van der Waals surface area contributed by atoms with E-state index in [4.69, 9.17) is 10.5 Å². The standard InChI is InChI=1S/C16H16FNO2/c1-11-5-6-15(16(17)14(11)10-19)20-8-7-12-3-2-4-13(18)9-12/h2-6,9-10H,7-8,18H2,1H3. The molecule has 0 aliphatic heterocycles. The molecule has 0 aliphatic carbocycles. The highest BCUT2D eigenvalue weighted by atomic mass is 19.1. The number of halogens is 1. The van der Waals surface area contributed by atoms with Crippen LogP contribution >= 0.6 is 0 Å². The average molecular weight is 273 g/mol. The lowest BCUT2D eigenvalue weighted by Crippen LogP contribution is -2.05. The second kappa shape index (κ2) is 6.19. The molecule has 0 bridgehead atoms. The van der Waals surface area contributed by atoms with Crippen molar-refractivity contribution in [3.05, 3.63) is 58.9 Å². The van der Waals surface area contributed by atoms with Gasteiger partial charge in [0.15, 0.2) is 17.9 Å². The molecule has 0 amide bonds. The van der Waals surface area contributed by atoms with Crippen LogP contribution in [0.2, 0.25) is 0 Å². The summed E-state index contributed by atoms with van der Waals surface area (Å²) in [5, 5.41) is 0. The summed E-state index contributed by atoms with van der Waals surface area (Å²) >= 11 is 0. The van der Waals surface area contributed by atoms with Crippen LogP contribution in [0.4, 0.5) is 10.1 Å². The van der Waals surface area contributed by atoms with E-state index < -0.39 is 5.82 Å². The van der Waals surface area contributed by atoms with Crippen LogP contribution in [0, 0.1) is 12.7 Å². The molecule has 0 unspecified atom stereocenters. The van der Waals surface area contributed by atoms with Crippen LogP contribution < -0.4 is 10.5 Å². The van der Waals surface area contributed by atoms with Gasteiger partial charge in [-0.15, -0.1) is 0 Å². The second-order valence-electron chi connectivity index (χ2n) is 4.57. The molecule has 0 saturated heterocycles. The molecule has 0 atom stereocenters. The first-order chi connectivity index (χ1) is 9.61. The Morgan fingerprint density at radius 1 is 1.30 bits per heavy atom. The third-order valence-electron chi connectivity index (χ3n) is 3.08. The molecule has 2 aromatic rings. The Balaban J connectivity index is 2.03. The molecule has 104 valence electrons. The maximum absolute atomic E-state index is 13.9. The summed E-state index contributed by atoms with van der Waals surface area (Å²) in [6.07, 6.45) is 1.13. The van der Waals surface area contributed by atoms with Crippen molar-refractivity contribution in [2.24, 2.45) is 0 Å². The predicted octanol–water partition coefficient (Wildman–Crippen LogP) is 3.15. The molecule has 20 heavy (non-hydrogen) atoms.